The van der Waals surface area contributed by atoms with E-state index >= 15 is 0 Å². The van der Waals surface area contributed by atoms with Crippen LogP contribution in [-0.4, -0.2) is 96.9 Å². The first-order valence-electron chi connectivity index (χ1n) is 10.4. The molecule has 0 aromatic carbocycles. The van der Waals surface area contributed by atoms with Crippen LogP contribution in [0.4, 0.5) is 5.82 Å². The zero-order valence-corrected chi connectivity index (χ0v) is 21.2. The average Bonchev–Trinajstić information content (AvgIpc) is 3.01. The number of hydrogen-bond acceptors (Lipinski definition) is 11. The molecule has 1 unspecified atom stereocenters. The van der Waals surface area contributed by atoms with E-state index in [1.807, 2.05) is 0 Å². The number of aliphatic hydroxyl groups excluding tert-OH is 2. The van der Waals surface area contributed by atoms with Gasteiger partial charge in [0.1, 0.15) is 18.3 Å². The van der Waals surface area contributed by atoms with Crippen LogP contribution in [0.1, 0.15) is 27.0 Å². The molecule has 0 aliphatic carbocycles. The van der Waals surface area contributed by atoms with Gasteiger partial charge in [0.25, 0.3) is 0 Å². The Bertz CT molecular complexity index is 902. The van der Waals surface area contributed by atoms with Gasteiger partial charge in [-0.25, -0.2) is 10.3 Å². The molecule has 1 aromatic heterocycles. The summed E-state index contributed by atoms with van der Waals surface area (Å²) >= 11 is 0. The van der Waals surface area contributed by atoms with Crippen LogP contribution in [0.15, 0.2) is 17.1 Å². The molecule has 2 heterocycles. The standard InChI is InChI=1S/C11H19N3O11P2.C6H15N/c1-23-13-7-2-3-14(11(17)12-7)10-9(16)8(15)6(25-10)4-24-27(21,22)5-26(18,19)20;1-4-7(5-2)6-3/h2-3,6,8-10,15-16H,4-5H2,1H3,(H,21,22)(H,12,13,17)(H2,18,19,20);4-6H2,1-3H3/t6-,8-,9-,10-;/m1./s1. The minimum Gasteiger partial charge on any atom is -0.387 e. The summed E-state index contributed by atoms with van der Waals surface area (Å²) in [6, 6.07) is 1.33. The maximum atomic E-state index is 12.0. The quantitative estimate of drug-likeness (QED) is 0.157. The Labute approximate surface area is 196 Å². The highest BCUT2D eigenvalue weighted by Crippen LogP contribution is 2.55. The van der Waals surface area contributed by atoms with Crippen LogP contribution in [0, 0.1) is 0 Å². The Morgan fingerprint density at radius 2 is 1.74 bits per heavy atom. The number of aromatic nitrogens is 2. The maximum Gasteiger partial charge on any atom is 0.351 e. The zero-order chi connectivity index (χ0) is 26.1. The Morgan fingerprint density at radius 3 is 2.18 bits per heavy atom. The molecule has 2 rings (SSSR count). The summed E-state index contributed by atoms with van der Waals surface area (Å²) in [6.07, 6.45) is -4.70. The molecule has 1 saturated heterocycles. The van der Waals surface area contributed by atoms with Crippen LogP contribution in [0.25, 0.3) is 0 Å². The van der Waals surface area contributed by atoms with Crippen molar-refractivity contribution in [3.63, 3.8) is 0 Å². The van der Waals surface area contributed by atoms with Crippen LogP contribution >= 0.6 is 15.2 Å². The summed E-state index contributed by atoms with van der Waals surface area (Å²) in [5.41, 5.74) is 1.49. The van der Waals surface area contributed by atoms with Gasteiger partial charge in [-0.05, 0) is 25.7 Å². The van der Waals surface area contributed by atoms with Gasteiger partial charge in [-0.2, -0.15) is 4.98 Å². The van der Waals surface area contributed by atoms with Crippen molar-refractivity contribution in [1.82, 2.24) is 14.5 Å². The fourth-order valence-corrected chi connectivity index (χ4v) is 5.57. The summed E-state index contributed by atoms with van der Waals surface area (Å²) in [7, 11) is -8.17. The van der Waals surface area contributed by atoms with Crippen molar-refractivity contribution < 1.29 is 48.1 Å². The van der Waals surface area contributed by atoms with Gasteiger partial charge in [-0.3, -0.25) is 18.5 Å². The maximum absolute atomic E-state index is 12.0. The van der Waals surface area contributed by atoms with E-state index in [2.05, 4.69) is 45.5 Å². The molecule has 0 amide bonds. The van der Waals surface area contributed by atoms with Gasteiger partial charge in [-0.15, -0.1) is 0 Å². The Balaban J connectivity index is 0.000000718. The third-order valence-electron chi connectivity index (χ3n) is 4.79. The third-order valence-corrected chi connectivity index (χ3v) is 8.25. The Kier molecular flexibility index (Phi) is 12.5. The number of rotatable bonds is 11. The minimum absolute atomic E-state index is 0.0883. The lowest BCUT2D eigenvalue weighted by Gasteiger charge is -2.18. The summed E-state index contributed by atoms with van der Waals surface area (Å²) in [4.78, 5) is 49.5. The Morgan fingerprint density at radius 1 is 1.15 bits per heavy atom. The van der Waals surface area contributed by atoms with Crippen molar-refractivity contribution >= 4 is 21.0 Å². The largest absolute Gasteiger partial charge is 0.387 e. The smallest absolute Gasteiger partial charge is 0.351 e. The SMILES string of the molecule is CCN(CC)CC.CONc1ccn([C@@H]2O[C@H](COP(=O)(O)CP(=O)(O)O)[C@@H](O)[C@H]2O)c(=O)n1. The molecule has 15 nitrogen and oxygen atoms in total. The number of nitrogens with zero attached hydrogens (tertiary/aromatic N) is 3. The van der Waals surface area contributed by atoms with Crippen molar-refractivity contribution in [1.29, 1.82) is 0 Å². The van der Waals surface area contributed by atoms with E-state index in [1.165, 1.54) is 39.0 Å². The molecule has 0 spiro atoms. The fraction of sp³-hybridized carbons (Fsp3) is 0.765. The molecule has 1 aliphatic rings. The normalized spacial score (nSPS) is 24.4. The summed E-state index contributed by atoms with van der Waals surface area (Å²) in [5.74, 6) is -1.32. The van der Waals surface area contributed by atoms with Gasteiger partial charge >= 0.3 is 20.9 Å². The minimum atomic E-state index is -4.81. The molecule has 1 aliphatic heterocycles. The highest BCUT2D eigenvalue weighted by atomic mass is 31.2. The molecule has 1 aromatic rings. The summed E-state index contributed by atoms with van der Waals surface area (Å²) < 4.78 is 33.2. The van der Waals surface area contributed by atoms with Crippen LogP contribution in [0.2, 0.25) is 0 Å². The van der Waals surface area contributed by atoms with E-state index in [1.54, 1.807) is 0 Å². The molecule has 1 fully saturated rings. The van der Waals surface area contributed by atoms with Gasteiger partial charge in [0.15, 0.2) is 17.9 Å². The van der Waals surface area contributed by atoms with E-state index in [-0.39, 0.29) is 5.82 Å². The number of anilines is 1. The van der Waals surface area contributed by atoms with Crippen molar-refractivity contribution in [3.8, 4) is 0 Å². The molecule has 0 radical (unpaired) electrons. The molecule has 198 valence electrons. The van der Waals surface area contributed by atoms with E-state index in [0.29, 0.717) is 0 Å². The molecule has 34 heavy (non-hydrogen) atoms. The molecule has 17 heteroatoms. The first-order valence-corrected chi connectivity index (χ1v) is 14.0. The van der Waals surface area contributed by atoms with E-state index in [4.69, 9.17) is 14.5 Å². The van der Waals surface area contributed by atoms with Crippen LogP contribution < -0.4 is 11.2 Å². The van der Waals surface area contributed by atoms with Crippen LogP contribution in [0.5, 0.6) is 0 Å². The monoisotopic (exact) mass is 532 g/mol. The van der Waals surface area contributed by atoms with Gasteiger partial charge in [0, 0.05) is 6.20 Å². The van der Waals surface area contributed by atoms with Crippen molar-refractivity contribution in [3.05, 3.63) is 22.7 Å². The topological polar surface area (TPSA) is 213 Å². The first-order chi connectivity index (χ1) is 15.8. The summed E-state index contributed by atoms with van der Waals surface area (Å²) in [6.45, 7) is 9.37. The lowest BCUT2D eigenvalue weighted by Crippen LogP contribution is -2.36. The lowest BCUT2D eigenvalue weighted by atomic mass is 10.1. The third kappa shape index (κ3) is 9.80. The van der Waals surface area contributed by atoms with Gasteiger partial charge in [-0.1, -0.05) is 20.8 Å². The van der Waals surface area contributed by atoms with Crippen molar-refractivity contribution in [2.75, 3.05) is 44.7 Å². The van der Waals surface area contributed by atoms with E-state index in [0.717, 1.165) is 4.57 Å². The highest BCUT2D eigenvalue weighted by molar-refractivity contribution is 7.70. The fourth-order valence-electron chi connectivity index (χ4n) is 3.00. The van der Waals surface area contributed by atoms with Gasteiger partial charge < -0.3 is 39.1 Å². The predicted octanol–water partition coefficient (Wildman–Crippen LogP) is -0.479. The second-order valence-electron chi connectivity index (χ2n) is 7.21. The van der Waals surface area contributed by atoms with Crippen molar-refractivity contribution in [2.24, 2.45) is 0 Å². The molecule has 5 atom stereocenters. The molecular weight excluding hydrogens is 498 g/mol. The predicted molar refractivity (Wildman–Crippen MR) is 121 cm³/mol. The lowest BCUT2D eigenvalue weighted by molar-refractivity contribution is -0.0523. The first kappa shape index (κ1) is 30.8. The number of aliphatic hydroxyl groups is 2. The zero-order valence-electron chi connectivity index (χ0n) is 19.4. The highest BCUT2D eigenvalue weighted by Gasteiger charge is 2.45. The van der Waals surface area contributed by atoms with Crippen molar-refractivity contribution in [2.45, 2.75) is 45.3 Å². The van der Waals surface area contributed by atoms with E-state index in [9.17, 15) is 29.0 Å². The number of hydrogen-bond donors (Lipinski definition) is 6. The molecular formula is C17H34N4O11P2. The average molecular weight is 532 g/mol. The second kappa shape index (κ2) is 13.8. The van der Waals surface area contributed by atoms with Crippen LogP contribution in [-0.2, 0) is 23.2 Å². The molecule has 0 bridgehead atoms. The van der Waals surface area contributed by atoms with E-state index < -0.39 is 57.9 Å². The Hall–Kier alpha value is -1.22. The molecule has 0 saturated carbocycles. The summed E-state index contributed by atoms with van der Waals surface area (Å²) in [5, 5.41) is 20.1. The van der Waals surface area contributed by atoms with Crippen LogP contribution in [0.3, 0.4) is 0 Å². The van der Waals surface area contributed by atoms with Gasteiger partial charge in [0.2, 0.25) is 0 Å². The number of ether oxygens (including phenoxy) is 1. The second-order valence-corrected chi connectivity index (χ2v) is 11.2. The number of nitrogens with one attached hydrogen (secondary N) is 1. The van der Waals surface area contributed by atoms with Gasteiger partial charge in [0.05, 0.1) is 13.7 Å². The molecule has 6 N–H and O–H groups in total.